The number of hydrogen-bond donors (Lipinski definition) is 0. The number of aromatic nitrogens is 1. The number of piperazine rings is 1. The van der Waals surface area contributed by atoms with E-state index in [1.165, 1.54) is 0 Å². The van der Waals surface area contributed by atoms with E-state index in [1.807, 2.05) is 29.2 Å². The van der Waals surface area contributed by atoms with Crippen molar-refractivity contribution in [2.45, 2.75) is 18.9 Å². The predicted molar refractivity (Wildman–Crippen MR) is 103 cm³/mol. The summed E-state index contributed by atoms with van der Waals surface area (Å²) < 4.78 is 5.49. The van der Waals surface area contributed by atoms with Crippen LogP contribution < -0.4 is 4.74 Å². The van der Waals surface area contributed by atoms with Crippen molar-refractivity contribution in [3.63, 3.8) is 0 Å². The van der Waals surface area contributed by atoms with Crippen molar-refractivity contribution in [2.75, 3.05) is 33.8 Å². The molecular formula is C21H25N3O3. The number of benzene rings is 1. The van der Waals surface area contributed by atoms with Crippen LogP contribution in [-0.2, 0) is 4.79 Å². The lowest BCUT2D eigenvalue weighted by Gasteiger charge is -2.40. The van der Waals surface area contributed by atoms with Crippen molar-refractivity contribution in [1.82, 2.24) is 14.8 Å². The highest BCUT2D eigenvalue weighted by Crippen LogP contribution is 2.31. The Balaban J connectivity index is 1.63. The number of amides is 1. The maximum atomic E-state index is 12.7. The maximum absolute atomic E-state index is 12.7. The van der Waals surface area contributed by atoms with Gasteiger partial charge in [-0.3, -0.25) is 19.5 Å². The first-order valence-electron chi connectivity index (χ1n) is 9.14. The van der Waals surface area contributed by atoms with Crippen LogP contribution in [0.25, 0.3) is 0 Å². The van der Waals surface area contributed by atoms with Crippen LogP contribution in [0, 0.1) is 0 Å². The van der Waals surface area contributed by atoms with Crippen LogP contribution in [0.3, 0.4) is 0 Å². The Morgan fingerprint density at radius 1 is 1.15 bits per heavy atom. The van der Waals surface area contributed by atoms with Gasteiger partial charge in [0.05, 0.1) is 13.2 Å². The SMILES string of the molecule is COc1ccccc1C1CN(C(=O)CCC(=O)c2cccnc2)CCN1C. The van der Waals surface area contributed by atoms with Gasteiger partial charge in [-0.1, -0.05) is 18.2 Å². The van der Waals surface area contributed by atoms with E-state index in [-0.39, 0.29) is 30.6 Å². The standard InChI is InChI=1S/C21H25N3O3/c1-23-12-13-24(15-18(23)17-7-3-4-8-20(17)27-2)21(26)10-9-19(25)16-6-5-11-22-14-16/h3-8,11,14,18H,9-10,12-13,15H2,1-2H3. The van der Waals surface area contributed by atoms with Gasteiger partial charge in [0, 0.05) is 56.0 Å². The van der Waals surface area contributed by atoms with Crippen LogP contribution in [0.1, 0.15) is 34.8 Å². The molecule has 1 aliphatic heterocycles. The van der Waals surface area contributed by atoms with E-state index in [4.69, 9.17) is 4.74 Å². The fraction of sp³-hybridized carbons (Fsp3) is 0.381. The molecule has 0 spiro atoms. The number of likely N-dealkylation sites (N-methyl/N-ethyl adjacent to an activating group) is 1. The van der Waals surface area contributed by atoms with E-state index in [1.54, 1.807) is 31.6 Å². The van der Waals surface area contributed by atoms with Crippen molar-refractivity contribution >= 4 is 11.7 Å². The summed E-state index contributed by atoms with van der Waals surface area (Å²) in [5, 5.41) is 0. The van der Waals surface area contributed by atoms with Gasteiger partial charge < -0.3 is 9.64 Å². The number of ketones is 1. The Kier molecular flexibility index (Phi) is 6.19. The predicted octanol–water partition coefficient (Wildman–Crippen LogP) is 2.57. The lowest BCUT2D eigenvalue weighted by atomic mass is 10.0. The van der Waals surface area contributed by atoms with Gasteiger partial charge in [-0.05, 0) is 25.2 Å². The minimum absolute atomic E-state index is 0.0141. The van der Waals surface area contributed by atoms with Crippen LogP contribution in [0.2, 0.25) is 0 Å². The van der Waals surface area contributed by atoms with E-state index >= 15 is 0 Å². The number of carbonyl (C=O) groups is 2. The largest absolute Gasteiger partial charge is 0.496 e. The van der Waals surface area contributed by atoms with Crippen molar-refractivity contribution in [3.05, 3.63) is 59.9 Å². The van der Waals surface area contributed by atoms with Crippen LogP contribution in [0.4, 0.5) is 0 Å². The van der Waals surface area contributed by atoms with Crippen molar-refractivity contribution < 1.29 is 14.3 Å². The minimum atomic E-state index is -0.0492. The second-order valence-electron chi connectivity index (χ2n) is 6.74. The molecule has 1 unspecified atom stereocenters. The summed E-state index contributed by atoms with van der Waals surface area (Å²) in [6, 6.07) is 11.4. The quantitative estimate of drug-likeness (QED) is 0.735. The summed E-state index contributed by atoms with van der Waals surface area (Å²) in [6.45, 7) is 2.05. The Morgan fingerprint density at radius 2 is 1.96 bits per heavy atom. The molecule has 1 aromatic heterocycles. The third-order valence-electron chi connectivity index (χ3n) is 5.05. The maximum Gasteiger partial charge on any atom is 0.223 e. The molecular weight excluding hydrogens is 342 g/mol. The second kappa shape index (κ2) is 8.77. The Bertz CT molecular complexity index is 794. The number of carbonyl (C=O) groups excluding carboxylic acids is 2. The summed E-state index contributed by atoms with van der Waals surface area (Å²) in [6.07, 6.45) is 3.59. The molecule has 3 rings (SSSR count). The Hall–Kier alpha value is -2.73. The molecule has 0 saturated carbocycles. The van der Waals surface area contributed by atoms with Gasteiger partial charge in [0.2, 0.25) is 5.91 Å². The number of pyridine rings is 1. The summed E-state index contributed by atoms with van der Waals surface area (Å²) in [5.74, 6) is 0.794. The molecule has 0 aliphatic carbocycles. The molecule has 6 heteroatoms. The molecule has 6 nitrogen and oxygen atoms in total. The zero-order chi connectivity index (χ0) is 19.2. The molecule has 1 atom stereocenters. The lowest BCUT2D eigenvalue weighted by molar-refractivity contribution is -0.134. The molecule has 1 aromatic carbocycles. The smallest absolute Gasteiger partial charge is 0.223 e. The van der Waals surface area contributed by atoms with Crippen LogP contribution in [0.15, 0.2) is 48.8 Å². The number of Topliss-reactive ketones (excluding diaryl/α,β-unsaturated/α-hetero) is 1. The van der Waals surface area contributed by atoms with Gasteiger partial charge in [-0.2, -0.15) is 0 Å². The van der Waals surface area contributed by atoms with Crippen molar-refractivity contribution in [2.24, 2.45) is 0 Å². The fourth-order valence-electron chi connectivity index (χ4n) is 3.43. The number of rotatable bonds is 6. The van der Waals surface area contributed by atoms with E-state index in [0.29, 0.717) is 18.7 Å². The molecule has 142 valence electrons. The van der Waals surface area contributed by atoms with Gasteiger partial charge in [0.1, 0.15) is 5.75 Å². The van der Waals surface area contributed by atoms with Gasteiger partial charge in [0.15, 0.2) is 5.78 Å². The summed E-state index contributed by atoms with van der Waals surface area (Å²) in [7, 11) is 3.72. The number of hydrogen-bond acceptors (Lipinski definition) is 5. The minimum Gasteiger partial charge on any atom is -0.496 e. The Morgan fingerprint density at radius 3 is 2.70 bits per heavy atom. The molecule has 2 heterocycles. The highest BCUT2D eigenvalue weighted by atomic mass is 16.5. The zero-order valence-electron chi connectivity index (χ0n) is 15.8. The van der Waals surface area contributed by atoms with E-state index in [9.17, 15) is 9.59 Å². The third kappa shape index (κ3) is 4.52. The van der Waals surface area contributed by atoms with Crippen LogP contribution >= 0.6 is 0 Å². The van der Waals surface area contributed by atoms with Gasteiger partial charge in [0.25, 0.3) is 0 Å². The zero-order valence-corrected chi connectivity index (χ0v) is 15.8. The average Bonchev–Trinajstić information content (AvgIpc) is 2.72. The molecule has 1 saturated heterocycles. The van der Waals surface area contributed by atoms with Gasteiger partial charge >= 0.3 is 0 Å². The van der Waals surface area contributed by atoms with Gasteiger partial charge in [-0.15, -0.1) is 0 Å². The highest BCUT2D eigenvalue weighted by Gasteiger charge is 2.30. The van der Waals surface area contributed by atoms with Gasteiger partial charge in [-0.25, -0.2) is 0 Å². The monoisotopic (exact) mass is 367 g/mol. The van der Waals surface area contributed by atoms with Crippen LogP contribution in [-0.4, -0.2) is 60.3 Å². The molecule has 0 radical (unpaired) electrons. The number of para-hydroxylation sites is 1. The number of nitrogens with zero attached hydrogens (tertiary/aromatic N) is 3. The lowest BCUT2D eigenvalue weighted by Crippen LogP contribution is -2.49. The Labute approximate surface area is 159 Å². The second-order valence-corrected chi connectivity index (χ2v) is 6.74. The summed E-state index contributed by atoms with van der Waals surface area (Å²) in [5.41, 5.74) is 1.63. The number of ether oxygens (including phenoxy) is 1. The van der Waals surface area contributed by atoms with Crippen molar-refractivity contribution in [3.8, 4) is 5.75 Å². The molecule has 0 N–H and O–H groups in total. The average molecular weight is 367 g/mol. The third-order valence-corrected chi connectivity index (χ3v) is 5.05. The first kappa shape index (κ1) is 19.0. The molecule has 0 bridgehead atoms. The normalized spacial score (nSPS) is 17.6. The number of methoxy groups -OCH3 is 1. The molecule has 1 amide bonds. The first-order valence-corrected chi connectivity index (χ1v) is 9.14. The van der Waals surface area contributed by atoms with Crippen molar-refractivity contribution in [1.29, 1.82) is 0 Å². The highest BCUT2D eigenvalue weighted by molar-refractivity contribution is 5.97. The molecule has 1 fully saturated rings. The fourth-order valence-corrected chi connectivity index (χ4v) is 3.43. The molecule has 27 heavy (non-hydrogen) atoms. The van der Waals surface area contributed by atoms with Crippen LogP contribution in [0.5, 0.6) is 5.75 Å². The first-order chi connectivity index (χ1) is 13.1. The molecule has 2 aromatic rings. The van der Waals surface area contributed by atoms with E-state index < -0.39 is 0 Å². The summed E-state index contributed by atoms with van der Waals surface area (Å²) in [4.78, 5) is 32.9. The van der Waals surface area contributed by atoms with E-state index in [0.717, 1.165) is 17.9 Å². The summed E-state index contributed by atoms with van der Waals surface area (Å²) >= 11 is 0. The van der Waals surface area contributed by atoms with E-state index in [2.05, 4.69) is 16.9 Å². The topological polar surface area (TPSA) is 62.7 Å². The molecule has 1 aliphatic rings.